The van der Waals surface area contributed by atoms with Crippen LogP contribution in [-0.4, -0.2) is 40.4 Å². The van der Waals surface area contributed by atoms with E-state index in [0.29, 0.717) is 23.7 Å². The maximum Gasteiger partial charge on any atom is 0.275 e. The van der Waals surface area contributed by atoms with Gasteiger partial charge in [-0.15, -0.1) is 12.4 Å². The average molecular weight is 341 g/mol. The molecule has 1 fully saturated rings. The quantitative estimate of drug-likeness (QED) is 0.786. The molecule has 2 heterocycles. The van der Waals surface area contributed by atoms with Crippen LogP contribution in [0.25, 0.3) is 5.69 Å². The molecule has 1 aliphatic rings. The molecule has 0 radical (unpaired) electrons. The van der Waals surface area contributed by atoms with Crippen LogP contribution < -0.4 is 10.6 Å². The second-order valence-corrected chi connectivity index (χ2v) is 5.47. The maximum absolute atomic E-state index is 13.1. The molecule has 8 heteroatoms. The van der Waals surface area contributed by atoms with Crippen molar-refractivity contribution in [3.05, 3.63) is 41.5 Å². The first kappa shape index (κ1) is 17.2. The Hall–Kier alpha value is -2.12. The van der Waals surface area contributed by atoms with E-state index in [1.165, 1.54) is 23.0 Å². The molecule has 3 rings (SSSR count). The summed E-state index contributed by atoms with van der Waals surface area (Å²) in [5.41, 5.74) is 1.24. The molecule has 3 N–H and O–H groups in total. The van der Waals surface area contributed by atoms with Gasteiger partial charge in [0.25, 0.3) is 5.91 Å². The lowest BCUT2D eigenvalue weighted by atomic mass is 10.0. The number of nitrogens with zero attached hydrogens (tertiary/aromatic N) is 2. The Morgan fingerprint density at radius 3 is 2.87 bits per heavy atom. The second kappa shape index (κ2) is 6.97. The third-order valence-electron chi connectivity index (χ3n) is 3.73. The number of carbonyl (C=O) groups excluding carboxylic acids is 1. The summed E-state index contributed by atoms with van der Waals surface area (Å²) < 4.78 is 14.5. The Balaban J connectivity index is 0.00000192. The predicted octanol–water partition coefficient (Wildman–Crippen LogP) is 1.40. The molecular weight excluding hydrogens is 323 g/mol. The smallest absolute Gasteiger partial charge is 0.275 e. The highest BCUT2D eigenvalue weighted by Gasteiger charge is 2.21. The van der Waals surface area contributed by atoms with E-state index in [1.807, 2.05) is 0 Å². The van der Waals surface area contributed by atoms with Crippen LogP contribution in [0.2, 0.25) is 0 Å². The highest BCUT2D eigenvalue weighted by molar-refractivity contribution is 5.94. The molecular formula is C15H18ClFN4O2. The first-order valence-corrected chi connectivity index (χ1v) is 7.08. The van der Waals surface area contributed by atoms with Gasteiger partial charge in [-0.1, -0.05) is 0 Å². The monoisotopic (exact) mass is 340 g/mol. The number of aromatic nitrogens is 2. The fourth-order valence-electron chi connectivity index (χ4n) is 2.34. The zero-order valence-corrected chi connectivity index (χ0v) is 13.4. The van der Waals surface area contributed by atoms with Gasteiger partial charge in [0.15, 0.2) is 11.4 Å². The van der Waals surface area contributed by atoms with Gasteiger partial charge in [-0.25, -0.2) is 9.07 Å². The largest absolute Gasteiger partial charge is 0.504 e. The molecule has 0 spiro atoms. The van der Waals surface area contributed by atoms with Crippen LogP contribution in [-0.2, 0) is 0 Å². The summed E-state index contributed by atoms with van der Waals surface area (Å²) >= 11 is 0. The molecule has 124 valence electrons. The lowest BCUT2D eigenvalue weighted by Gasteiger charge is -2.26. The Kier molecular flexibility index (Phi) is 5.23. The van der Waals surface area contributed by atoms with Gasteiger partial charge in [0, 0.05) is 25.6 Å². The summed E-state index contributed by atoms with van der Waals surface area (Å²) in [5.74, 6) is -0.534. The molecule has 0 aliphatic carbocycles. The normalized spacial score (nSPS) is 14.0. The van der Waals surface area contributed by atoms with Crippen LogP contribution >= 0.6 is 12.4 Å². The third kappa shape index (κ3) is 3.62. The molecule has 2 aromatic rings. The van der Waals surface area contributed by atoms with Crippen molar-refractivity contribution in [2.75, 3.05) is 19.6 Å². The minimum absolute atomic E-state index is 0. The molecule has 1 saturated heterocycles. The van der Waals surface area contributed by atoms with Gasteiger partial charge in [-0.05, 0) is 30.7 Å². The number of hydrogen-bond acceptors (Lipinski definition) is 4. The Bertz CT molecular complexity index is 715. The summed E-state index contributed by atoms with van der Waals surface area (Å²) in [6.45, 7) is 4.05. The van der Waals surface area contributed by atoms with Gasteiger partial charge in [0.1, 0.15) is 5.82 Å². The standard InChI is InChI=1S/C15H17FN4O2.ClH/c1-9-4-11(16)2-3-12(9)20-8-13(21)14(19-20)15(22)18-7-10-5-17-6-10;/h2-4,8,10,17,21H,5-7H2,1H3,(H,18,22);1H. The Morgan fingerprint density at radius 2 is 2.26 bits per heavy atom. The van der Waals surface area contributed by atoms with E-state index in [2.05, 4.69) is 15.7 Å². The van der Waals surface area contributed by atoms with Gasteiger partial charge >= 0.3 is 0 Å². The van der Waals surface area contributed by atoms with Crippen molar-refractivity contribution in [3.63, 3.8) is 0 Å². The van der Waals surface area contributed by atoms with Crippen LogP contribution in [0.15, 0.2) is 24.4 Å². The third-order valence-corrected chi connectivity index (χ3v) is 3.73. The number of amides is 1. The van der Waals surface area contributed by atoms with Crippen molar-refractivity contribution in [1.29, 1.82) is 0 Å². The molecule has 1 amide bonds. The van der Waals surface area contributed by atoms with Gasteiger partial charge in [-0.3, -0.25) is 4.79 Å². The van der Waals surface area contributed by atoms with Crippen LogP contribution in [0.3, 0.4) is 0 Å². The van der Waals surface area contributed by atoms with Crippen LogP contribution in [0.5, 0.6) is 5.75 Å². The van der Waals surface area contributed by atoms with Gasteiger partial charge < -0.3 is 15.7 Å². The molecule has 6 nitrogen and oxygen atoms in total. The first-order chi connectivity index (χ1) is 10.5. The van der Waals surface area contributed by atoms with E-state index in [0.717, 1.165) is 13.1 Å². The van der Waals surface area contributed by atoms with Crippen LogP contribution in [0.1, 0.15) is 16.1 Å². The molecule has 0 bridgehead atoms. The maximum atomic E-state index is 13.1. The number of rotatable bonds is 4. The molecule has 0 atom stereocenters. The Labute approximate surface area is 139 Å². The zero-order chi connectivity index (χ0) is 15.7. The van der Waals surface area contributed by atoms with E-state index in [4.69, 9.17) is 0 Å². The molecule has 0 saturated carbocycles. The summed E-state index contributed by atoms with van der Waals surface area (Å²) in [5, 5.41) is 19.9. The van der Waals surface area contributed by atoms with E-state index >= 15 is 0 Å². The molecule has 1 aliphatic heterocycles. The van der Waals surface area contributed by atoms with Crippen molar-refractivity contribution in [2.45, 2.75) is 6.92 Å². The van der Waals surface area contributed by atoms with Crippen LogP contribution in [0.4, 0.5) is 4.39 Å². The first-order valence-electron chi connectivity index (χ1n) is 7.08. The van der Waals surface area contributed by atoms with Gasteiger partial charge in [-0.2, -0.15) is 5.10 Å². The summed E-state index contributed by atoms with van der Waals surface area (Å²) in [6.07, 6.45) is 1.35. The minimum atomic E-state index is -0.414. The van der Waals surface area contributed by atoms with Gasteiger partial charge in [0.2, 0.25) is 0 Å². The fraction of sp³-hybridized carbons (Fsp3) is 0.333. The fourth-order valence-corrected chi connectivity index (χ4v) is 2.34. The SMILES string of the molecule is Cc1cc(F)ccc1-n1cc(O)c(C(=O)NCC2CNC2)n1.Cl. The van der Waals surface area contributed by atoms with Crippen molar-refractivity contribution < 1.29 is 14.3 Å². The van der Waals surface area contributed by atoms with E-state index in [9.17, 15) is 14.3 Å². The van der Waals surface area contributed by atoms with Crippen molar-refractivity contribution in [1.82, 2.24) is 20.4 Å². The van der Waals surface area contributed by atoms with E-state index in [1.54, 1.807) is 13.0 Å². The predicted molar refractivity (Wildman–Crippen MR) is 85.9 cm³/mol. The number of aryl methyl sites for hydroxylation is 1. The number of benzene rings is 1. The van der Waals surface area contributed by atoms with Crippen LogP contribution in [0, 0.1) is 18.7 Å². The Morgan fingerprint density at radius 1 is 1.52 bits per heavy atom. The molecule has 0 unspecified atom stereocenters. The number of aromatic hydroxyl groups is 1. The van der Waals surface area contributed by atoms with Crippen molar-refractivity contribution in [3.8, 4) is 11.4 Å². The molecule has 1 aromatic carbocycles. The lowest BCUT2D eigenvalue weighted by molar-refractivity contribution is 0.0934. The van der Waals surface area contributed by atoms with E-state index < -0.39 is 5.91 Å². The van der Waals surface area contributed by atoms with Gasteiger partial charge in [0.05, 0.1) is 11.9 Å². The number of hydrogen-bond donors (Lipinski definition) is 3. The second-order valence-electron chi connectivity index (χ2n) is 5.47. The number of carbonyl (C=O) groups is 1. The van der Waals surface area contributed by atoms with E-state index in [-0.39, 0.29) is 29.7 Å². The topological polar surface area (TPSA) is 79.2 Å². The minimum Gasteiger partial charge on any atom is -0.504 e. The average Bonchev–Trinajstić information content (AvgIpc) is 2.78. The zero-order valence-electron chi connectivity index (χ0n) is 12.5. The number of nitrogens with one attached hydrogen (secondary N) is 2. The summed E-state index contributed by atoms with van der Waals surface area (Å²) in [4.78, 5) is 12.1. The van der Waals surface area contributed by atoms with Crippen molar-refractivity contribution in [2.24, 2.45) is 5.92 Å². The summed E-state index contributed by atoms with van der Waals surface area (Å²) in [6, 6.07) is 4.24. The highest BCUT2D eigenvalue weighted by Crippen LogP contribution is 2.21. The molecule has 23 heavy (non-hydrogen) atoms. The number of halogens is 2. The lowest BCUT2D eigenvalue weighted by Crippen LogP contribution is -2.48. The highest BCUT2D eigenvalue weighted by atomic mass is 35.5. The molecule has 1 aromatic heterocycles. The summed E-state index contributed by atoms with van der Waals surface area (Å²) in [7, 11) is 0. The van der Waals surface area contributed by atoms with Crippen molar-refractivity contribution >= 4 is 18.3 Å².